The first-order valence-corrected chi connectivity index (χ1v) is 12.0. The van der Waals surface area contributed by atoms with Crippen molar-refractivity contribution >= 4 is 40.0 Å². The summed E-state index contributed by atoms with van der Waals surface area (Å²) >= 11 is 12.0. The Morgan fingerprint density at radius 1 is 0.912 bits per heavy atom. The third kappa shape index (κ3) is 5.38. The number of halogens is 2. The van der Waals surface area contributed by atoms with Crippen molar-refractivity contribution in [3.63, 3.8) is 0 Å². The summed E-state index contributed by atoms with van der Waals surface area (Å²) in [6, 6.07) is 16.8. The molecule has 2 aromatic carbocycles. The number of aromatic nitrogens is 3. The Morgan fingerprint density at radius 2 is 1.65 bits per heavy atom. The van der Waals surface area contributed by atoms with Gasteiger partial charge in [0.05, 0.1) is 12.1 Å². The van der Waals surface area contributed by atoms with Gasteiger partial charge in [-0.1, -0.05) is 29.3 Å². The topological polar surface area (TPSA) is 92.9 Å². The summed E-state index contributed by atoms with van der Waals surface area (Å²) in [7, 11) is 0. The summed E-state index contributed by atoms with van der Waals surface area (Å²) in [5, 5.41) is 17.1. The van der Waals surface area contributed by atoms with Gasteiger partial charge < -0.3 is 15.1 Å². The Balaban J connectivity index is 1.10. The molecular formula is C25H23Cl2N5O2. The van der Waals surface area contributed by atoms with Gasteiger partial charge in [-0.05, 0) is 74.2 Å². The molecule has 174 valence electrons. The maximum Gasteiger partial charge on any atom is 0.270 e. The summed E-state index contributed by atoms with van der Waals surface area (Å²) < 4.78 is 5.76. The van der Waals surface area contributed by atoms with Crippen LogP contribution in [-0.4, -0.2) is 33.2 Å². The van der Waals surface area contributed by atoms with Crippen molar-refractivity contribution in [2.45, 2.75) is 44.3 Å². The number of nitrogens with zero attached hydrogens (tertiary/aromatic N) is 3. The van der Waals surface area contributed by atoms with Gasteiger partial charge in [0.25, 0.3) is 5.91 Å². The maximum atomic E-state index is 12.7. The van der Waals surface area contributed by atoms with Crippen LogP contribution < -0.4 is 10.6 Å². The SMILES string of the molecule is O=C(NC1CCC(NCc2nnc(-c3ccc(Cl)cc3)o2)CC1)c1ccc2cc(Cl)ccc2n1. The van der Waals surface area contributed by atoms with Crippen LogP contribution >= 0.6 is 23.2 Å². The Hall–Kier alpha value is -3.00. The number of nitrogens with one attached hydrogen (secondary N) is 2. The van der Waals surface area contributed by atoms with E-state index in [4.69, 9.17) is 27.6 Å². The molecule has 2 aromatic heterocycles. The van der Waals surface area contributed by atoms with Crippen LogP contribution in [0.4, 0.5) is 0 Å². The number of fused-ring (bicyclic) bond motifs is 1. The number of carbonyl (C=O) groups is 1. The van der Waals surface area contributed by atoms with Crippen LogP contribution in [0.5, 0.6) is 0 Å². The van der Waals surface area contributed by atoms with Gasteiger partial charge >= 0.3 is 0 Å². The molecule has 0 aliphatic heterocycles. The van der Waals surface area contributed by atoms with Crippen molar-refractivity contribution < 1.29 is 9.21 Å². The second-order valence-electron chi connectivity index (χ2n) is 8.44. The quantitative estimate of drug-likeness (QED) is 0.370. The molecule has 5 rings (SSSR count). The summed E-state index contributed by atoms with van der Waals surface area (Å²) in [5.41, 5.74) is 2.01. The lowest BCUT2D eigenvalue weighted by Crippen LogP contribution is -2.42. The molecule has 34 heavy (non-hydrogen) atoms. The summed E-state index contributed by atoms with van der Waals surface area (Å²) in [5.74, 6) is 0.878. The number of benzene rings is 2. The van der Waals surface area contributed by atoms with Crippen molar-refractivity contribution in [2.75, 3.05) is 0 Å². The van der Waals surface area contributed by atoms with Gasteiger partial charge in [0.2, 0.25) is 11.8 Å². The Labute approximate surface area is 206 Å². The zero-order valence-corrected chi connectivity index (χ0v) is 19.8. The first-order chi connectivity index (χ1) is 16.5. The number of pyridine rings is 1. The first kappa shape index (κ1) is 22.8. The summed E-state index contributed by atoms with van der Waals surface area (Å²) in [4.78, 5) is 17.2. The Bertz CT molecular complexity index is 1300. The van der Waals surface area contributed by atoms with Gasteiger partial charge in [-0.15, -0.1) is 10.2 Å². The number of amides is 1. The van der Waals surface area contributed by atoms with E-state index in [1.54, 1.807) is 24.3 Å². The number of hydrogen-bond donors (Lipinski definition) is 2. The van der Waals surface area contributed by atoms with Crippen molar-refractivity contribution in [2.24, 2.45) is 0 Å². The highest BCUT2D eigenvalue weighted by Gasteiger charge is 2.23. The fourth-order valence-electron chi connectivity index (χ4n) is 4.19. The third-order valence-electron chi connectivity index (χ3n) is 6.05. The van der Waals surface area contributed by atoms with E-state index in [0.717, 1.165) is 42.1 Å². The fourth-order valence-corrected chi connectivity index (χ4v) is 4.50. The van der Waals surface area contributed by atoms with Crippen LogP contribution in [0.2, 0.25) is 10.0 Å². The molecule has 2 heterocycles. The average Bonchev–Trinajstić information content (AvgIpc) is 3.33. The smallest absolute Gasteiger partial charge is 0.270 e. The standard InChI is InChI=1S/C25H23Cl2N5O2/c26-17-4-1-15(2-5-17)25-32-31-23(34-25)14-28-19-7-9-20(10-8-19)29-24(33)22-11-3-16-13-18(27)6-12-21(16)30-22/h1-6,11-13,19-20,28H,7-10,14H2,(H,29,33). The van der Waals surface area contributed by atoms with Crippen LogP contribution in [0.3, 0.4) is 0 Å². The van der Waals surface area contributed by atoms with Gasteiger partial charge in [-0.2, -0.15) is 0 Å². The molecule has 0 saturated heterocycles. The van der Waals surface area contributed by atoms with E-state index in [-0.39, 0.29) is 11.9 Å². The second kappa shape index (κ2) is 10.1. The average molecular weight is 496 g/mol. The van der Waals surface area contributed by atoms with E-state index in [1.165, 1.54) is 0 Å². The minimum absolute atomic E-state index is 0.133. The monoisotopic (exact) mass is 495 g/mol. The lowest BCUT2D eigenvalue weighted by molar-refractivity contribution is 0.0919. The molecule has 7 nitrogen and oxygen atoms in total. The van der Waals surface area contributed by atoms with Crippen molar-refractivity contribution in [1.82, 2.24) is 25.8 Å². The van der Waals surface area contributed by atoms with Gasteiger partial charge in [-0.25, -0.2) is 4.98 Å². The first-order valence-electron chi connectivity index (χ1n) is 11.2. The van der Waals surface area contributed by atoms with Crippen LogP contribution in [0.1, 0.15) is 42.1 Å². The van der Waals surface area contributed by atoms with Gasteiger partial charge in [-0.3, -0.25) is 4.79 Å². The lowest BCUT2D eigenvalue weighted by atomic mass is 9.91. The molecule has 0 spiro atoms. The molecule has 1 saturated carbocycles. The Kier molecular flexibility index (Phi) is 6.76. The molecule has 0 radical (unpaired) electrons. The van der Waals surface area contributed by atoms with E-state index in [9.17, 15) is 4.79 Å². The minimum atomic E-state index is -0.145. The predicted molar refractivity (Wildman–Crippen MR) is 132 cm³/mol. The second-order valence-corrected chi connectivity index (χ2v) is 9.32. The predicted octanol–water partition coefficient (Wildman–Crippen LogP) is 5.42. The van der Waals surface area contributed by atoms with Crippen LogP contribution in [0.25, 0.3) is 22.4 Å². The van der Waals surface area contributed by atoms with Crippen molar-refractivity contribution in [3.05, 3.63) is 76.2 Å². The molecule has 9 heteroatoms. The summed E-state index contributed by atoms with van der Waals surface area (Å²) in [6.45, 7) is 0.507. The van der Waals surface area contributed by atoms with E-state index in [0.29, 0.717) is 40.1 Å². The van der Waals surface area contributed by atoms with E-state index in [2.05, 4.69) is 25.8 Å². The van der Waals surface area contributed by atoms with E-state index in [1.807, 2.05) is 30.3 Å². The van der Waals surface area contributed by atoms with Crippen molar-refractivity contribution in [1.29, 1.82) is 0 Å². The molecule has 0 atom stereocenters. The highest BCUT2D eigenvalue weighted by atomic mass is 35.5. The van der Waals surface area contributed by atoms with Crippen LogP contribution in [-0.2, 0) is 6.54 Å². The van der Waals surface area contributed by atoms with Gasteiger partial charge in [0.15, 0.2) is 0 Å². The normalized spacial score (nSPS) is 18.2. The molecular weight excluding hydrogens is 473 g/mol. The molecule has 1 aliphatic rings. The fraction of sp³-hybridized carbons (Fsp3) is 0.280. The maximum absolute atomic E-state index is 12.7. The highest BCUT2D eigenvalue weighted by molar-refractivity contribution is 6.31. The molecule has 2 N–H and O–H groups in total. The van der Waals surface area contributed by atoms with Crippen LogP contribution in [0.15, 0.2) is 59.0 Å². The highest BCUT2D eigenvalue weighted by Crippen LogP contribution is 2.22. The molecule has 1 fully saturated rings. The molecule has 1 amide bonds. The van der Waals surface area contributed by atoms with Gasteiger partial charge in [0, 0.05) is 33.1 Å². The number of hydrogen-bond acceptors (Lipinski definition) is 6. The number of carbonyl (C=O) groups excluding carboxylic acids is 1. The zero-order valence-electron chi connectivity index (χ0n) is 18.3. The lowest BCUT2D eigenvalue weighted by Gasteiger charge is -2.29. The van der Waals surface area contributed by atoms with E-state index >= 15 is 0 Å². The molecule has 1 aliphatic carbocycles. The van der Waals surface area contributed by atoms with Crippen LogP contribution in [0, 0.1) is 0 Å². The summed E-state index contributed by atoms with van der Waals surface area (Å²) in [6.07, 6.45) is 3.69. The Morgan fingerprint density at radius 3 is 2.44 bits per heavy atom. The van der Waals surface area contributed by atoms with E-state index < -0.39 is 0 Å². The molecule has 0 bridgehead atoms. The third-order valence-corrected chi connectivity index (χ3v) is 6.53. The zero-order chi connectivity index (χ0) is 23.5. The van der Waals surface area contributed by atoms with Gasteiger partial charge in [0.1, 0.15) is 5.69 Å². The minimum Gasteiger partial charge on any atom is -0.419 e. The molecule has 4 aromatic rings. The van der Waals surface area contributed by atoms with Crippen molar-refractivity contribution in [3.8, 4) is 11.5 Å². The largest absolute Gasteiger partial charge is 0.419 e. The number of rotatable bonds is 6. The molecule has 0 unspecified atom stereocenters.